The van der Waals surface area contributed by atoms with E-state index in [-0.39, 0.29) is 18.2 Å². The van der Waals surface area contributed by atoms with Gasteiger partial charge in [0, 0.05) is 17.8 Å². The molecule has 2 N–H and O–H groups in total. The average Bonchev–Trinajstić information content (AvgIpc) is 3.12. The van der Waals surface area contributed by atoms with Crippen molar-refractivity contribution in [3.63, 3.8) is 0 Å². The van der Waals surface area contributed by atoms with Crippen LogP contribution in [0.15, 0.2) is 18.2 Å². The van der Waals surface area contributed by atoms with Crippen molar-refractivity contribution in [3.05, 3.63) is 24.0 Å². The van der Waals surface area contributed by atoms with Crippen molar-refractivity contribution in [2.75, 3.05) is 19.0 Å². The summed E-state index contributed by atoms with van der Waals surface area (Å²) in [6.45, 7) is 0.186. The Kier molecular flexibility index (Phi) is 3.46. The van der Waals surface area contributed by atoms with Gasteiger partial charge < -0.3 is 15.4 Å². The topological polar surface area (TPSA) is 50.4 Å². The van der Waals surface area contributed by atoms with Gasteiger partial charge in [-0.1, -0.05) is 0 Å². The van der Waals surface area contributed by atoms with Gasteiger partial charge in [0.25, 0.3) is 0 Å². The van der Waals surface area contributed by atoms with Crippen LogP contribution in [-0.4, -0.2) is 25.6 Å². The van der Waals surface area contributed by atoms with Crippen LogP contribution in [0.3, 0.4) is 0 Å². The van der Waals surface area contributed by atoms with E-state index in [9.17, 15) is 9.18 Å². The maximum absolute atomic E-state index is 13.1. The van der Waals surface area contributed by atoms with Crippen LogP contribution < -0.4 is 15.4 Å². The van der Waals surface area contributed by atoms with Crippen LogP contribution in [-0.2, 0) is 4.79 Å². The molecule has 1 aliphatic carbocycles. The molecule has 1 fully saturated rings. The van der Waals surface area contributed by atoms with Crippen molar-refractivity contribution < 1.29 is 13.9 Å². The Morgan fingerprint density at radius 1 is 1.53 bits per heavy atom. The molecular formula is C12H15FN2O2. The van der Waals surface area contributed by atoms with E-state index in [0.29, 0.717) is 11.7 Å². The van der Waals surface area contributed by atoms with Crippen LogP contribution in [0, 0.1) is 5.82 Å². The molecule has 2 rings (SSSR count). The number of nitrogens with one attached hydrogen (secondary N) is 2. The molecule has 0 atom stereocenters. The lowest BCUT2D eigenvalue weighted by atomic mass is 10.3. The number of anilines is 1. The molecule has 17 heavy (non-hydrogen) atoms. The summed E-state index contributed by atoms with van der Waals surface area (Å²) in [5, 5.41) is 5.78. The van der Waals surface area contributed by atoms with Gasteiger partial charge in [0.05, 0.1) is 13.7 Å². The molecule has 5 heteroatoms. The van der Waals surface area contributed by atoms with Gasteiger partial charge in [-0.15, -0.1) is 0 Å². The number of carbonyl (C=O) groups is 1. The molecule has 1 amide bonds. The summed E-state index contributed by atoms with van der Waals surface area (Å²) in [4.78, 5) is 11.4. The third-order valence-electron chi connectivity index (χ3n) is 2.55. The Morgan fingerprint density at radius 3 is 2.94 bits per heavy atom. The van der Waals surface area contributed by atoms with Crippen LogP contribution in [0.1, 0.15) is 12.8 Å². The molecule has 0 unspecified atom stereocenters. The first kappa shape index (κ1) is 11.7. The van der Waals surface area contributed by atoms with Crippen LogP contribution >= 0.6 is 0 Å². The standard InChI is InChI=1S/C12H15FN2O2/c1-17-11-6-9(4-5-10(11)13)14-7-12(16)15-8-2-3-8/h4-6,8,14H,2-3,7H2,1H3,(H,15,16). The van der Waals surface area contributed by atoms with Gasteiger partial charge in [-0.25, -0.2) is 4.39 Å². The second-order valence-corrected chi connectivity index (χ2v) is 4.04. The third-order valence-corrected chi connectivity index (χ3v) is 2.55. The molecule has 1 aliphatic rings. The second-order valence-electron chi connectivity index (χ2n) is 4.04. The first-order valence-electron chi connectivity index (χ1n) is 5.56. The van der Waals surface area contributed by atoms with Gasteiger partial charge in [-0.05, 0) is 25.0 Å². The van der Waals surface area contributed by atoms with E-state index in [1.807, 2.05) is 0 Å². The van der Waals surface area contributed by atoms with E-state index in [4.69, 9.17) is 4.74 Å². The number of ether oxygens (including phenoxy) is 1. The zero-order valence-corrected chi connectivity index (χ0v) is 9.63. The zero-order valence-electron chi connectivity index (χ0n) is 9.63. The Morgan fingerprint density at radius 2 is 2.29 bits per heavy atom. The highest BCUT2D eigenvalue weighted by atomic mass is 19.1. The fraction of sp³-hybridized carbons (Fsp3) is 0.417. The number of benzene rings is 1. The summed E-state index contributed by atoms with van der Waals surface area (Å²) in [5.74, 6) is -0.297. The van der Waals surface area contributed by atoms with E-state index in [1.165, 1.54) is 19.2 Å². The minimum absolute atomic E-state index is 0.0456. The van der Waals surface area contributed by atoms with Crippen molar-refractivity contribution in [2.45, 2.75) is 18.9 Å². The monoisotopic (exact) mass is 238 g/mol. The molecular weight excluding hydrogens is 223 g/mol. The van der Waals surface area contributed by atoms with Crippen molar-refractivity contribution in [3.8, 4) is 5.75 Å². The molecule has 0 saturated heterocycles. The largest absolute Gasteiger partial charge is 0.494 e. The van der Waals surface area contributed by atoms with Gasteiger partial charge >= 0.3 is 0 Å². The summed E-state index contributed by atoms with van der Waals surface area (Å²) < 4.78 is 18.0. The summed E-state index contributed by atoms with van der Waals surface area (Å²) in [5.41, 5.74) is 0.661. The Labute approximate surface area is 99.2 Å². The van der Waals surface area contributed by atoms with Crippen LogP contribution in [0.5, 0.6) is 5.75 Å². The smallest absolute Gasteiger partial charge is 0.239 e. The van der Waals surface area contributed by atoms with E-state index in [1.54, 1.807) is 6.07 Å². The maximum Gasteiger partial charge on any atom is 0.239 e. The summed E-state index contributed by atoms with van der Waals surface area (Å²) in [6, 6.07) is 4.76. The number of carbonyl (C=O) groups excluding carboxylic acids is 1. The number of methoxy groups -OCH3 is 1. The SMILES string of the molecule is COc1cc(NCC(=O)NC2CC2)ccc1F. The minimum Gasteiger partial charge on any atom is -0.494 e. The normalized spacial score (nSPS) is 14.2. The Balaban J connectivity index is 1.87. The van der Waals surface area contributed by atoms with Gasteiger partial charge in [0.2, 0.25) is 5.91 Å². The number of halogens is 1. The van der Waals surface area contributed by atoms with Gasteiger partial charge in [-0.3, -0.25) is 4.79 Å². The molecule has 0 bridgehead atoms. The van der Waals surface area contributed by atoms with Crippen LogP contribution in [0.4, 0.5) is 10.1 Å². The van der Waals surface area contributed by atoms with E-state index in [2.05, 4.69) is 10.6 Å². The molecule has 0 spiro atoms. The minimum atomic E-state index is -0.416. The highest BCUT2D eigenvalue weighted by molar-refractivity contribution is 5.81. The van der Waals surface area contributed by atoms with Crippen molar-refractivity contribution in [1.29, 1.82) is 0 Å². The van der Waals surface area contributed by atoms with E-state index < -0.39 is 5.82 Å². The molecule has 4 nitrogen and oxygen atoms in total. The summed E-state index contributed by atoms with van der Waals surface area (Å²) in [7, 11) is 1.40. The van der Waals surface area contributed by atoms with Crippen LogP contribution in [0.2, 0.25) is 0 Å². The maximum atomic E-state index is 13.1. The first-order chi connectivity index (χ1) is 8.19. The fourth-order valence-electron chi connectivity index (χ4n) is 1.46. The molecule has 0 aliphatic heterocycles. The number of rotatable bonds is 5. The molecule has 1 saturated carbocycles. The van der Waals surface area contributed by atoms with Crippen molar-refractivity contribution >= 4 is 11.6 Å². The fourth-order valence-corrected chi connectivity index (χ4v) is 1.46. The summed E-state index contributed by atoms with van der Waals surface area (Å²) in [6.07, 6.45) is 2.13. The predicted molar refractivity (Wildman–Crippen MR) is 62.6 cm³/mol. The molecule has 0 heterocycles. The molecule has 0 radical (unpaired) electrons. The van der Waals surface area contributed by atoms with Gasteiger partial charge in [0.15, 0.2) is 11.6 Å². The first-order valence-corrected chi connectivity index (χ1v) is 5.56. The number of amides is 1. The second kappa shape index (κ2) is 5.03. The van der Waals surface area contributed by atoms with Crippen molar-refractivity contribution in [2.24, 2.45) is 0 Å². The predicted octanol–water partition coefficient (Wildman–Crippen LogP) is 1.52. The zero-order chi connectivity index (χ0) is 12.3. The average molecular weight is 238 g/mol. The van der Waals surface area contributed by atoms with E-state index in [0.717, 1.165) is 12.8 Å². The van der Waals surface area contributed by atoms with Crippen LogP contribution in [0.25, 0.3) is 0 Å². The van der Waals surface area contributed by atoms with E-state index >= 15 is 0 Å². The highest BCUT2D eigenvalue weighted by Gasteiger charge is 2.22. The number of hydrogen-bond acceptors (Lipinski definition) is 3. The lowest BCUT2D eigenvalue weighted by Gasteiger charge is -2.08. The van der Waals surface area contributed by atoms with Crippen molar-refractivity contribution in [1.82, 2.24) is 5.32 Å². The lowest BCUT2D eigenvalue weighted by molar-refractivity contribution is -0.119. The highest BCUT2D eigenvalue weighted by Crippen LogP contribution is 2.21. The lowest BCUT2D eigenvalue weighted by Crippen LogP contribution is -2.31. The molecule has 0 aromatic heterocycles. The third kappa shape index (κ3) is 3.34. The Bertz CT molecular complexity index is 419. The molecule has 92 valence electrons. The quantitative estimate of drug-likeness (QED) is 0.817. The Hall–Kier alpha value is -1.78. The molecule has 1 aromatic rings. The van der Waals surface area contributed by atoms with Gasteiger partial charge in [0.1, 0.15) is 0 Å². The van der Waals surface area contributed by atoms with Gasteiger partial charge in [-0.2, -0.15) is 0 Å². The number of hydrogen-bond donors (Lipinski definition) is 2. The molecule has 1 aromatic carbocycles. The summed E-state index contributed by atoms with van der Waals surface area (Å²) >= 11 is 0.